The Labute approximate surface area is 177 Å². The van der Waals surface area contributed by atoms with Gasteiger partial charge in [0, 0.05) is 23.1 Å². The molecular formula is C23H22N4O4. The van der Waals surface area contributed by atoms with Gasteiger partial charge in [-0.25, -0.2) is 9.36 Å². The normalized spacial score (nSPS) is 16.4. The number of likely N-dealkylation sites (N-methyl/N-ethyl adjacent to an activating group) is 1. The van der Waals surface area contributed by atoms with E-state index < -0.39 is 17.3 Å². The average molecular weight is 418 g/mol. The molecule has 1 aliphatic rings. The summed E-state index contributed by atoms with van der Waals surface area (Å²) in [4.78, 5) is 33.4. The number of hydrogen-bond acceptors (Lipinski definition) is 5. The Bertz CT molecular complexity index is 1400. The molecule has 0 saturated heterocycles. The SMILES string of the molecule is COc1ccc(-n2c(O)c([C@@H]3c4[nH]c5ccccc5c4CCN3C)c(=O)[nH]c2=O)cc1. The molecule has 0 amide bonds. The lowest BCUT2D eigenvalue weighted by molar-refractivity contribution is 0.252. The van der Waals surface area contributed by atoms with Crippen LogP contribution < -0.4 is 16.0 Å². The molecule has 1 aliphatic heterocycles. The highest BCUT2D eigenvalue weighted by Gasteiger charge is 2.34. The zero-order chi connectivity index (χ0) is 21.7. The Morgan fingerprint density at radius 2 is 1.81 bits per heavy atom. The number of hydrogen-bond donors (Lipinski definition) is 3. The topological polar surface area (TPSA) is 103 Å². The van der Waals surface area contributed by atoms with E-state index in [0.29, 0.717) is 18.0 Å². The van der Waals surface area contributed by atoms with Crippen LogP contribution in [0.2, 0.25) is 0 Å². The van der Waals surface area contributed by atoms with E-state index in [4.69, 9.17) is 4.74 Å². The number of H-pyrrole nitrogens is 2. The monoisotopic (exact) mass is 418 g/mol. The second kappa shape index (κ2) is 7.17. The molecule has 0 spiro atoms. The van der Waals surface area contributed by atoms with Crippen molar-refractivity contribution < 1.29 is 9.84 Å². The van der Waals surface area contributed by atoms with Gasteiger partial charge in [-0.2, -0.15) is 0 Å². The molecule has 0 unspecified atom stereocenters. The van der Waals surface area contributed by atoms with Gasteiger partial charge in [0.2, 0.25) is 5.88 Å². The van der Waals surface area contributed by atoms with Crippen LogP contribution in [0.4, 0.5) is 0 Å². The number of methoxy groups -OCH3 is 1. The summed E-state index contributed by atoms with van der Waals surface area (Å²) in [6, 6.07) is 14.1. The van der Waals surface area contributed by atoms with Crippen molar-refractivity contribution in [3.05, 3.63) is 86.2 Å². The van der Waals surface area contributed by atoms with Crippen molar-refractivity contribution in [1.29, 1.82) is 0 Å². The zero-order valence-electron chi connectivity index (χ0n) is 17.2. The third kappa shape index (κ3) is 2.95. The summed E-state index contributed by atoms with van der Waals surface area (Å²) < 4.78 is 6.28. The number of aromatic nitrogens is 3. The zero-order valence-corrected chi connectivity index (χ0v) is 17.2. The van der Waals surface area contributed by atoms with Crippen molar-refractivity contribution in [2.45, 2.75) is 12.5 Å². The lowest BCUT2D eigenvalue weighted by atomic mass is 9.94. The summed E-state index contributed by atoms with van der Waals surface area (Å²) in [5.41, 5.74) is 2.21. The number of aromatic amines is 2. The van der Waals surface area contributed by atoms with E-state index in [9.17, 15) is 14.7 Å². The highest BCUT2D eigenvalue weighted by molar-refractivity contribution is 5.85. The molecule has 2 aromatic carbocycles. The third-order valence-electron chi connectivity index (χ3n) is 6.00. The molecule has 0 fully saturated rings. The van der Waals surface area contributed by atoms with Crippen molar-refractivity contribution in [3.63, 3.8) is 0 Å². The Morgan fingerprint density at radius 1 is 1.06 bits per heavy atom. The second-order valence-electron chi connectivity index (χ2n) is 7.73. The van der Waals surface area contributed by atoms with E-state index in [1.165, 1.54) is 0 Å². The van der Waals surface area contributed by atoms with Crippen LogP contribution in [0.25, 0.3) is 16.6 Å². The van der Waals surface area contributed by atoms with E-state index in [1.807, 2.05) is 30.1 Å². The average Bonchev–Trinajstić information content (AvgIpc) is 3.14. The molecule has 3 N–H and O–H groups in total. The maximum absolute atomic E-state index is 12.9. The first kappa shape index (κ1) is 19.2. The van der Waals surface area contributed by atoms with Crippen LogP contribution >= 0.6 is 0 Å². The second-order valence-corrected chi connectivity index (χ2v) is 7.73. The van der Waals surface area contributed by atoms with Gasteiger partial charge < -0.3 is 14.8 Å². The molecule has 2 aromatic heterocycles. The van der Waals surface area contributed by atoms with Crippen molar-refractivity contribution in [2.24, 2.45) is 0 Å². The summed E-state index contributed by atoms with van der Waals surface area (Å²) in [6.45, 7) is 0.708. The first-order valence-electron chi connectivity index (χ1n) is 10.0. The maximum Gasteiger partial charge on any atom is 0.335 e. The molecular weight excluding hydrogens is 396 g/mol. The first-order valence-corrected chi connectivity index (χ1v) is 10.0. The smallest absolute Gasteiger partial charge is 0.335 e. The van der Waals surface area contributed by atoms with Crippen molar-refractivity contribution in [2.75, 3.05) is 20.7 Å². The van der Waals surface area contributed by atoms with Gasteiger partial charge in [0.1, 0.15) is 11.3 Å². The van der Waals surface area contributed by atoms with Gasteiger partial charge in [-0.3, -0.25) is 14.7 Å². The summed E-state index contributed by atoms with van der Waals surface area (Å²) in [5, 5.41) is 12.3. The molecule has 4 aromatic rings. The Morgan fingerprint density at radius 3 is 2.55 bits per heavy atom. The fraction of sp³-hybridized carbons (Fsp3) is 0.217. The number of ether oxygens (including phenoxy) is 1. The quantitative estimate of drug-likeness (QED) is 0.474. The van der Waals surface area contributed by atoms with Crippen LogP contribution in [0.3, 0.4) is 0 Å². The van der Waals surface area contributed by atoms with Crippen LogP contribution in [-0.4, -0.2) is 45.2 Å². The minimum absolute atomic E-state index is 0.130. The minimum atomic E-state index is -0.702. The van der Waals surface area contributed by atoms with Crippen LogP contribution in [-0.2, 0) is 6.42 Å². The summed E-state index contributed by atoms with van der Waals surface area (Å²) >= 11 is 0. The number of benzene rings is 2. The Hall–Kier alpha value is -3.78. The lowest BCUT2D eigenvalue weighted by Gasteiger charge is -2.33. The van der Waals surface area contributed by atoms with Crippen molar-refractivity contribution >= 4 is 10.9 Å². The number of nitrogens with zero attached hydrogens (tertiary/aromatic N) is 2. The predicted octanol–water partition coefficient (Wildman–Crippen LogP) is 2.30. The van der Waals surface area contributed by atoms with Crippen LogP contribution in [0.1, 0.15) is 22.9 Å². The van der Waals surface area contributed by atoms with Gasteiger partial charge in [0.15, 0.2) is 0 Å². The largest absolute Gasteiger partial charge is 0.497 e. The highest BCUT2D eigenvalue weighted by atomic mass is 16.5. The van der Waals surface area contributed by atoms with Gasteiger partial charge in [-0.05, 0) is 49.4 Å². The number of fused-ring (bicyclic) bond motifs is 3. The van der Waals surface area contributed by atoms with Gasteiger partial charge in [-0.1, -0.05) is 18.2 Å². The van der Waals surface area contributed by atoms with Crippen LogP contribution in [0, 0.1) is 0 Å². The highest BCUT2D eigenvalue weighted by Crippen LogP contribution is 2.39. The molecule has 31 heavy (non-hydrogen) atoms. The minimum Gasteiger partial charge on any atom is -0.497 e. The summed E-state index contributed by atoms with van der Waals surface area (Å²) in [6.07, 6.45) is 0.823. The molecule has 5 rings (SSSR count). The molecule has 1 atom stereocenters. The van der Waals surface area contributed by atoms with Gasteiger partial charge >= 0.3 is 5.69 Å². The lowest BCUT2D eigenvalue weighted by Crippen LogP contribution is -2.39. The molecule has 0 bridgehead atoms. The molecule has 8 heteroatoms. The van der Waals surface area contributed by atoms with Crippen LogP contribution in [0.5, 0.6) is 11.6 Å². The van der Waals surface area contributed by atoms with E-state index in [0.717, 1.165) is 33.1 Å². The van der Waals surface area contributed by atoms with Gasteiger partial charge in [0.25, 0.3) is 5.56 Å². The van der Waals surface area contributed by atoms with Crippen molar-refractivity contribution in [1.82, 2.24) is 19.4 Å². The van der Waals surface area contributed by atoms with E-state index >= 15 is 0 Å². The van der Waals surface area contributed by atoms with Crippen LogP contribution in [0.15, 0.2) is 58.1 Å². The summed E-state index contributed by atoms with van der Waals surface area (Å²) in [5.74, 6) is 0.248. The number of para-hydroxylation sites is 1. The predicted molar refractivity (Wildman–Crippen MR) is 117 cm³/mol. The van der Waals surface area contributed by atoms with Gasteiger partial charge in [0.05, 0.1) is 18.8 Å². The molecule has 158 valence electrons. The summed E-state index contributed by atoms with van der Waals surface area (Å²) in [7, 11) is 3.45. The molecule has 0 saturated carbocycles. The van der Waals surface area contributed by atoms with Crippen molar-refractivity contribution in [3.8, 4) is 17.3 Å². The van der Waals surface area contributed by atoms with E-state index in [-0.39, 0.29) is 11.4 Å². The standard InChI is InChI=1S/C23H22N4O4/c1-26-12-11-16-15-5-3-4-6-17(15)24-19(16)20(26)18-21(28)25-23(30)27(22(18)29)13-7-9-14(31-2)10-8-13/h3-10,20,24,29H,11-12H2,1-2H3,(H,25,28,30)/t20-/m1/s1. The third-order valence-corrected chi connectivity index (χ3v) is 6.00. The molecule has 0 radical (unpaired) electrons. The number of nitrogens with one attached hydrogen (secondary N) is 2. The molecule has 0 aliphatic carbocycles. The van der Waals surface area contributed by atoms with E-state index in [2.05, 4.69) is 16.0 Å². The van der Waals surface area contributed by atoms with E-state index in [1.54, 1.807) is 31.4 Å². The number of rotatable bonds is 3. The van der Waals surface area contributed by atoms with Gasteiger partial charge in [-0.15, -0.1) is 0 Å². The fourth-order valence-corrected chi connectivity index (χ4v) is 4.48. The molecule has 3 heterocycles. The Kier molecular flexibility index (Phi) is 4.44. The Balaban J connectivity index is 1.74. The fourth-order valence-electron chi connectivity index (χ4n) is 4.48. The number of aromatic hydroxyl groups is 1. The maximum atomic E-state index is 12.9. The first-order chi connectivity index (χ1) is 15.0. The molecule has 8 nitrogen and oxygen atoms in total.